The highest BCUT2D eigenvalue weighted by atomic mass is 32.2. The van der Waals surface area contributed by atoms with E-state index in [-0.39, 0.29) is 23.5 Å². The highest BCUT2D eigenvalue weighted by molar-refractivity contribution is 7.92. The number of nitrogens with one attached hydrogen (secondary N) is 1. The van der Waals surface area contributed by atoms with Gasteiger partial charge < -0.3 is 23.7 Å². The minimum absolute atomic E-state index is 0.0384. The summed E-state index contributed by atoms with van der Waals surface area (Å²) in [6.45, 7) is 2.95. The molecule has 4 aromatic rings. The molecule has 1 aliphatic heterocycles. The number of pyridine rings is 1. The summed E-state index contributed by atoms with van der Waals surface area (Å²) < 4.78 is 59.5. The summed E-state index contributed by atoms with van der Waals surface area (Å²) in [4.78, 5) is 18.5. The van der Waals surface area contributed by atoms with E-state index in [2.05, 4.69) is 19.7 Å². The minimum Gasteiger partial charge on any atom is -0.494 e. The zero-order chi connectivity index (χ0) is 30.0. The molecule has 228 valence electrons. The summed E-state index contributed by atoms with van der Waals surface area (Å²) in [5.74, 6) is 1.66. The van der Waals surface area contributed by atoms with Crippen molar-refractivity contribution in [3.8, 4) is 34.6 Å². The maximum absolute atomic E-state index is 13.2. The molecule has 0 radical (unpaired) electrons. The van der Waals surface area contributed by atoms with Gasteiger partial charge in [0.1, 0.15) is 22.9 Å². The summed E-state index contributed by atoms with van der Waals surface area (Å²) in [5, 5.41) is 0. The topological polar surface area (TPSA) is 149 Å². The molecule has 1 aromatic carbocycles. The number of imidazole rings is 1. The van der Waals surface area contributed by atoms with E-state index in [0.29, 0.717) is 66.3 Å². The lowest BCUT2D eigenvalue weighted by Gasteiger charge is -2.27. The molecule has 14 heteroatoms. The number of hydrogen-bond acceptors (Lipinski definition) is 11. The molecular formula is C29H34N6O7S. The molecule has 0 spiro atoms. The van der Waals surface area contributed by atoms with Crippen molar-refractivity contribution in [3.63, 3.8) is 0 Å². The van der Waals surface area contributed by atoms with Crippen LogP contribution in [0.1, 0.15) is 39.0 Å². The van der Waals surface area contributed by atoms with E-state index in [1.165, 1.54) is 6.20 Å². The van der Waals surface area contributed by atoms with Crippen molar-refractivity contribution in [1.82, 2.24) is 24.5 Å². The first-order chi connectivity index (χ1) is 20.8. The third-order valence-electron chi connectivity index (χ3n) is 7.28. The molecule has 0 bridgehead atoms. The van der Waals surface area contributed by atoms with Gasteiger partial charge in [0, 0.05) is 12.7 Å². The second kappa shape index (κ2) is 11.9. The van der Waals surface area contributed by atoms with E-state index >= 15 is 0 Å². The quantitative estimate of drug-likeness (QED) is 0.247. The van der Waals surface area contributed by atoms with Crippen LogP contribution in [0.15, 0.2) is 42.6 Å². The van der Waals surface area contributed by atoms with Crippen molar-refractivity contribution in [2.24, 2.45) is 0 Å². The van der Waals surface area contributed by atoms with Gasteiger partial charge in [-0.1, -0.05) is 12.1 Å². The molecular weight excluding hydrogens is 576 g/mol. The van der Waals surface area contributed by atoms with E-state index in [1.807, 2.05) is 19.1 Å². The molecule has 1 atom stereocenters. The Morgan fingerprint density at radius 2 is 1.81 bits per heavy atom. The lowest BCUT2D eigenvalue weighted by Crippen LogP contribution is -2.35. The summed E-state index contributed by atoms with van der Waals surface area (Å²) >= 11 is 0. The number of rotatable bonds is 12. The molecule has 0 amide bonds. The smallest absolute Gasteiger partial charge is 0.236 e. The first-order valence-corrected chi connectivity index (χ1v) is 15.9. The van der Waals surface area contributed by atoms with E-state index in [4.69, 9.17) is 28.7 Å². The molecule has 4 heterocycles. The van der Waals surface area contributed by atoms with Gasteiger partial charge in [-0.25, -0.2) is 28.4 Å². The van der Waals surface area contributed by atoms with E-state index in [9.17, 15) is 8.42 Å². The van der Waals surface area contributed by atoms with Crippen molar-refractivity contribution >= 4 is 27.1 Å². The van der Waals surface area contributed by atoms with E-state index in [0.717, 1.165) is 19.3 Å². The van der Waals surface area contributed by atoms with E-state index in [1.54, 1.807) is 43.1 Å². The number of methoxy groups -OCH3 is 2. The lowest BCUT2D eigenvalue weighted by molar-refractivity contribution is -0.191. The molecule has 6 rings (SSSR count). The second-order valence-corrected chi connectivity index (χ2v) is 12.2. The zero-order valence-electron chi connectivity index (χ0n) is 24.3. The molecule has 1 N–H and O–H groups in total. The third kappa shape index (κ3) is 6.21. The number of para-hydroxylation sites is 1. The van der Waals surface area contributed by atoms with Crippen LogP contribution in [-0.2, 0) is 19.5 Å². The van der Waals surface area contributed by atoms with Crippen LogP contribution in [0.3, 0.4) is 0 Å². The highest BCUT2D eigenvalue weighted by Gasteiger charge is 2.49. The van der Waals surface area contributed by atoms with Gasteiger partial charge in [-0.2, -0.15) is 0 Å². The van der Waals surface area contributed by atoms with Gasteiger partial charge in [-0.3, -0.25) is 9.29 Å². The Hall–Kier alpha value is -4.01. The van der Waals surface area contributed by atoms with Crippen LogP contribution in [0.4, 0.5) is 5.82 Å². The predicted molar refractivity (Wildman–Crippen MR) is 158 cm³/mol. The number of sulfonamides is 1. The van der Waals surface area contributed by atoms with Gasteiger partial charge >= 0.3 is 0 Å². The van der Waals surface area contributed by atoms with Crippen LogP contribution in [0.5, 0.6) is 17.4 Å². The van der Waals surface area contributed by atoms with Crippen LogP contribution in [0.2, 0.25) is 0 Å². The monoisotopic (exact) mass is 610 g/mol. The van der Waals surface area contributed by atoms with Gasteiger partial charge in [0.2, 0.25) is 15.9 Å². The Morgan fingerprint density at radius 3 is 2.49 bits per heavy atom. The molecule has 1 saturated heterocycles. The highest BCUT2D eigenvalue weighted by Crippen LogP contribution is 2.43. The van der Waals surface area contributed by atoms with Gasteiger partial charge in [0.05, 0.1) is 38.4 Å². The van der Waals surface area contributed by atoms with Crippen molar-refractivity contribution < 1.29 is 32.1 Å². The molecule has 2 fully saturated rings. The predicted octanol–water partition coefficient (Wildman–Crippen LogP) is 4.11. The number of nitrogens with zero attached hydrogens (tertiary/aromatic N) is 5. The van der Waals surface area contributed by atoms with Crippen molar-refractivity contribution in [2.75, 3.05) is 37.9 Å². The minimum atomic E-state index is -3.83. The largest absolute Gasteiger partial charge is 0.494 e. The third-order valence-corrected chi connectivity index (χ3v) is 8.71. The molecule has 3 aromatic heterocycles. The van der Waals surface area contributed by atoms with Crippen molar-refractivity contribution in [3.05, 3.63) is 42.6 Å². The molecule has 1 unspecified atom stereocenters. The average molecular weight is 611 g/mol. The molecule has 1 saturated carbocycles. The van der Waals surface area contributed by atoms with Crippen LogP contribution in [-0.4, -0.2) is 78.0 Å². The summed E-state index contributed by atoms with van der Waals surface area (Å²) in [6.07, 6.45) is 5.05. The van der Waals surface area contributed by atoms with Gasteiger partial charge in [-0.15, -0.1) is 0 Å². The molecule has 2 aliphatic rings. The number of benzene rings is 1. The summed E-state index contributed by atoms with van der Waals surface area (Å²) in [5.41, 5.74) is 0.811. The maximum Gasteiger partial charge on any atom is 0.236 e. The average Bonchev–Trinajstić information content (AvgIpc) is 3.64. The molecule has 13 nitrogen and oxygen atoms in total. The van der Waals surface area contributed by atoms with Crippen LogP contribution >= 0.6 is 0 Å². The number of fused-ring (bicyclic) bond motifs is 1. The van der Waals surface area contributed by atoms with Crippen LogP contribution < -0.4 is 18.9 Å². The van der Waals surface area contributed by atoms with Crippen LogP contribution in [0, 0.1) is 0 Å². The number of anilines is 1. The summed E-state index contributed by atoms with van der Waals surface area (Å²) in [6, 6.07) is 10.7. The zero-order valence-corrected chi connectivity index (χ0v) is 25.1. The molecule has 43 heavy (non-hydrogen) atoms. The van der Waals surface area contributed by atoms with Crippen molar-refractivity contribution in [1.29, 1.82) is 0 Å². The Kier molecular flexibility index (Phi) is 8.07. The fourth-order valence-corrected chi connectivity index (χ4v) is 6.71. The number of hydrogen-bond donors (Lipinski definition) is 1. The van der Waals surface area contributed by atoms with Gasteiger partial charge in [0.25, 0.3) is 0 Å². The number of ether oxygens (including phenoxy) is 5. The SMILES string of the molecule is CCOc1cccc(-c2nc3nc(NS(=O)(=O)CC4(OC5CCCCO5)CC4)cnc3n2-c2c(OC)cccc2OC)n1. The number of aromatic nitrogens is 5. The lowest BCUT2D eigenvalue weighted by atomic mass is 10.2. The first kappa shape index (κ1) is 29.1. The van der Waals surface area contributed by atoms with Gasteiger partial charge in [-0.05, 0) is 57.2 Å². The normalized spacial score (nSPS) is 17.9. The standard InChI is InChI=1S/C29H34N6O7S/c1-4-40-23-12-7-9-19(31-23)27-33-26-28(35(27)25-20(38-2)10-8-11-21(25)39-3)30-17-22(32-26)34-43(36,37)18-29(14-15-29)42-24-13-5-6-16-41-24/h7-12,17,24H,4-6,13-16,18H2,1-3H3,(H,32,34). The fraction of sp³-hybridized carbons (Fsp3) is 0.448. The Labute approximate surface area is 249 Å². The Balaban J connectivity index is 1.37. The summed E-state index contributed by atoms with van der Waals surface area (Å²) in [7, 11) is -0.715. The van der Waals surface area contributed by atoms with Crippen molar-refractivity contribution in [2.45, 2.75) is 50.9 Å². The maximum atomic E-state index is 13.2. The second-order valence-electron chi connectivity index (χ2n) is 10.4. The first-order valence-electron chi connectivity index (χ1n) is 14.2. The fourth-order valence-electron chi connectivity index (χ4n) is 5.17. The Bertz CT molecular complexity index is 1700. The molecule has 1 aliphatic carbocycles. The van der Waals surface area contributed by atoms with E-state index < -0.39 is 15.6 Å². The van der Waals surface area contributed by atoms with Gasteiger partial charge in [0.15, 0.2) is 29.2 Å². The Morgan fingerprint density at radius 1 is 1.05 bits per heavy atom. The van der Waals surface area contributed by atoms with Crippen LogP contribution in [0.25, 0.3) is 28.5 Å².